The van der Waals surface area contributed by atoms with Crippen LogP contribution in [0.15, 0.2) is 254 Å². The van der Waals surface area contributed by atoms with E-state index in [2.05, 4.69) is 268 Å². The average molecular weight is 821 g/mol. The Bertz CT molecular complexity index is 3160. The van der Waals surface area contributed by atoms with Gasteiger partial charge in [0.25, 0.3) is 0 Å². The molecule has 2 aliphatic rings. The third kappa shape index (κ3) is 6.47. The molecule has 0 saturated heterocycles. The molecule has 1 aliphatic carbocycles. The molecule has 4 heteroatoms. The van der Waals surface area contributed by atoms with Gasteiger partial charge < -0.3 is 19.3 Å². The van der Waals surface area contributed by atoms with E-state index in [-0.39, 0.29) is 5.92 Å². The number of nitrogens with zero attached hydrogens (tertiary/aromatic N) is 4. The number of rotatable bonds is 9. The van der Waals surface area contributed by atoms with E-state index in [0.29, 0.717) is 0 Å². The molecule has 0 bridgehead atoms. The minimum atomic E-state index is 0.283. The van der Waals surface area contributed by atoms with Crippen molar-refractivity contribution < 1.29 is 0 Å². The average Bonchev–Trinajstić information content (AvgIpc) is 3.87. The highest BCUT2D eigenvalue weighted by atomic mass is 15.2. The van der Waals surface area contributed by atoms with Crippen LogP contribution in [-0.4, -0.2) is 4.57 Å². The zero-order chi connectivity index (χ0) is 42.4. The normalized spacial score (nSPS) is 14.0. The number of anilines is 8. The summed E-state index contributed by atoms with van der Waals surface area (Å²) in [6.45, 7) is 0. The van der Waals surface area contributed by atoms with Gasteiger partial charge >= 0.3 is 0 Å². The largest absolute Gasteiger partial charge is 0.313 e. The Balaban J connectivity index is 1.02. The van der Waals surface area contributed by atoms with Crippen molar-refractivity contribution in [3.63, 3.8) is 0 Å². The minimum Gasteiger partial charge on any atom is -0.313 e. The van der Waals surface area contributed by atoms with Gasteiger partial charge in [-0.1, -0.05) is 133 Å². The maximum Gasteiger partial charge on any atom is 0.0562 e. The highest BCUT2D eigenvalue weighted by Crippen LogP contribution is 2.53. The maximum absolute atomic E-state index is 2.50. The molecule has 1 aromatic heterocycles. The van der Waals surface area contributed by atoms with Gasteiger partial charge in [-0.25, -0.2) is 0 Å². The second kappa shape index (κ2) is 15.8. The number of hydrogen-bond donors (Lipinski definition) is 0. The lowest BCUT2D eigenvalue weighted by Gasteiger charge is -2.30. The van der Waals surface area contributed by atoms with Crippen LogP contribution in [0, 0.1) is 0 Å². The first-order valence-electron chi connectivity index (χ1n) is 22.1. The van der Waals surface area contributed by atoms with E-state index in [9.17, 15) is 0 Å². The highest BCUT2D eigenvalue weighted by molar-refractivity contribution is 6.11. The number of fused-ring (bicyclic) bond motifs is 6. The van der Waals surface area contributed by atoms with Gasteiger partial charge in [0.1, 0.15) is 0 Å². The predicted octanol–water partition coefficient (Wildman–Crippen LogP) is 16.5. The van der Waals surface area contributed by atoms with Gasteiger partial charge in [-0.05, 0) is 138 Å². The molecule has 64 heavy (non-hydrogen) atoms. The smallest absolute Gasteiger partial charge is 0.0562 e. The highest BCUT2D eigenvalue weighted by Gasteiger charge is 2.36. The van der Waals surface area contributed by atoms with Crippen LogP contribution in [0.25, 0.3) is 38.6 Å². The first kappa shape index (κ1) is 37.4. The second-order valence-corrected chi connectivity index (χ2v) is 16.6. The third-order valence-electron chi connectivity index (χ3n) is 12.8. The lowest BCUT2D eigenvalue weighted by molar-refractivity contribution is 0.820. The zero-order valence-corrected chi connectivity index (χ0v) is 35.2. The third-order valence-corrected chi connectivity index (χ3v) is 12.8. The molecule has 0 N–H and O–H groups in total. The summed E-state index contributed by atoms with van der Waals surface area (Å²) in [5.41, 5.74) is 17.5. The van der Waals surface area contributed by atoms with Crippen molar-refractivity contribution in [2.75, 3.05) is 14.7 Å². The molecule has 0 amide bonds. The van der Waals surface area contributed by atoms with E-state index >= 15 is 0 Å². The molecule has 0 radical (unpaired) electrons. The van der Waals surface area contributed by atoms with Crippen molar-refractivity contribution in [1.29, 1.82) is 0 Å². The predicted molar refractivity (Wildman–Crippen MR) is 269 cm³/mol. The monoisotopic (exact) mass is 820 g/mol. The summed E-state index contributed by atoms with van der Waals surface area (Å²) in [5.74, 6) is 0.283. The molecule has 1 atom stereocenters. The van der Waals surface area contributed by atoms with Gasteiger partial charge in [0, 0.05) is 67.9 Å². The first-order chi connectivity index (χ1) is 31.8. The van der Waals surface area contributed by atoms with Gasteiger partial charge in [0.15, 0.2) is 0 Å². The molecule has 12 rings (SSSR count). The minimum absolute atomic E-state index is 0.283. The van der Waals surface area contributed by atoms with E-state index in [1.165, 1.54) is 44.4 Å². The fourth-order valence-corrected chi connectivity index (χ4v) is 9.94. The first-order valence-corrected chi connectivity index (χ1v) is 22.1. The van der Waals surface area contributed by atoms with Gasteiger partial charge in [-0.2, -0.15) is 0 Å². The zero-order valence-electron chi connectivity index (χ0n) is 35.2. The van der Waals surface area contributed by atoms with Crippen LogP contribution in [0.4, 0.5) is 45.5 Å². The molecule has 1 aliphatic heterocycles. The van der Waals surface area contributed by atoms with Gasteiger partial charge in [-0.15, -0.1) is 0 Å². The molecular weight excluding hydrogens is 777 g/mol. The Kier molecular flexibility index (Phi) is 9.27. The van der Waals surface area contributed by atoms with Crippen LogP contribution < -0.4 is 14.7 Å². The molecule has 9 aromatic carbocycles. The topological polar surface area (TPSA) is 14.7 Å². The molecule has 10 aromatic rings. The van der Waals surface area contributed by atoms with Crippen LogP contribution >= 0.6 is 0 Å². The van der Waals surface area contributed by atoms with Gasteiger partial charge in [0.2, 0.25) is 0 Å². The number of para-hydroxylation sites is 6. The van der Waals surface area contributed by atoms with Crippen molar-refractivity contribution >= 4 is 67.3 Å². The van der Waals surface area contributed by atoms with Crippen molar-refractivity contribution in [2.45, 2.75) is 12.3 Å². The fraction of sp³-hybridized carbons (Fsp3) is 0.0333. The molecule has 0 spiro atoms. The van der Waals surface area contributed by atoms with E-state index in [4.69, 9.17) is 0 Å². The summed E-state index contributed by atoms with van der Waals surface area (Å²) < 4.78 is 2.42. The van der Waals surface area contributed by atoms with Crippen LogP contribution in [0.5, 0.6) is 0 Å². The summed E-state index contributed by atoms with van der Waals surface area (Å²) >= 11 is 0. The summed E-state index contributed by atoms with van der Waals surface area (Å²) in [4.78, 5) is 7.21. The van der Waals surface area contributed by atoms with Gasteiger partial charge in [0.05, 0.1) is 16.7 Å². The van der Waals surface area contributed by atoms with E-state index in [1.807, 2.05) is 0 Å². The summed E-state index contributed by atoms with van der Waals surface area (Å²) in [6.07, 6.45) is 7.83. The molecule has 2 heterocycles. The van der Waals surface area contributed by atoms with Crippen molar-refractivity contribution in [3.05, 3.63) is 260 Å². The van der Waals surface area contributed by atoms with E-state index in [1.54, 1.807) is 0 Å². The van der Waals surface area contributed by atoms with Gasteiger partial charge in [-0.3, -0.25) is 0 Å². The Hall–Kier alpha value is -8.34. The van der Waals surface area contributed by atoms with Crippen molar-refractivity contribution in [1.82, 2.24) is 4.57 Å². The molecular formula is C60H44N4. The number of aromatic nitrogens is 1. The summed E-state index contributed by atoms with van der Waals surface area (Å²) in [5, 5.41) is 2.57. The maximum atomic E-state index is 2.50. The number of allylic oxidation sites excluding steroid dienone is 4. The summed E-state index contributed by atoms with van der Waals surface area (Å²) in [6, 6.07) is 83.4. The molecule has 0 fully saturated rings. The summed E-state index contributed by atoms with van der Waals surface area (Å²) in [7, 11) is 0. The van der Waals surface area contributed by atoms with Crippen molar-refractivity contribution in [3.8, 4) is 16.8 Å². The molecule has 1 unspecified atom stereocenters. The molecule has 0 saturated carbocycles. The molecule has 304 valence electrons. The quantitative estimate of drug-likeness (QED) is 0.144. The van der Waals surface area contributed by atoms with Crippen LogP contribution in [0.3, 0.4) is 0 Å². The lowest BCUT2D eigenvalue weighted by Crippen LogP contribution is -2.14. The molecule has 4 nitrogen and oxygen atoms in total. The number of benzene rings is 9. The van der Waals surface area contributed by atoms with Crippen LogP contribution in [0.1, 0.15) is 17.9 Å². The lowest BCUT2D eigenvalue weighted by atomic mass is 9.91. The fourth-order valence-electron chi connectivity index (χ4n) is 9.94. The second-order valence-electron chi connectivity index (χ2n) is 16.6. The van der Waals surface area contributed by atoms with Crippen molar-refractivity contribution in [2.24, 2.45) is 0 Å². The van der Waals surface area contributed by atoms with Crippen LogP contribution in [-0.2, 0) is 0 Å². The SMILES string of the molecule is C1=CCC2C(=C1)N(c1ccc(-c3cc(N(c4ccccc4)c4ccccc4)cc(N(c4ccccc4)c4ccccc4)c3)cc1)c1cc3c(cc12)c1ccccc1n3-c1ccccc1. The Morgan fingerprint density at radius 3 is 1.47 bits per heavy atom. The van der Waals surface area contributed by atoms with E-state index in [0.717, 1.165) is 57.4 Å². The Labute approximate surface area is 374 Å². The standard InChI is InChI=1S/C60H44N4/c1-6-20-45(21-7-1)61(46-22-8-2-9-23-46)51-38-44(39-52(40-51)62(47-24-10-3-11-25-47)48-26-12-4-13-27-48)43-34-36-50(37-35-43)64-58-33-19-17-31-54(58)56-41-55-53-30-16-18-32-57(53)63(59(55)42-60(56)64)49-28-14-5-15-29-49/h1-30,32-42,54H,31H2. The number of hydrogen-bond acceptors (Lipinski definition) is 3. The van der Waals surface area contributed by atoms with E-state index < -0.39 is 0 Å². The Morgan fingerprint density at radius 1 is 0.391 bits per heavy atom. The van der Waals surface area contributed by atoms with Crippen LogP contribution in [0.2, 0.25) is 0 Å². The Morgan fingerprint density at radius 2 is 0.906 bits per heavy atom.